The van der Waals surface area contributed by atoms with E-state index in [1.165, 1.54) is 0 Å². The third-order valence-corrected chi connectivity index (χ3v) is 1.29. The highest BCUT2D eigenvalue weighted by Gasteiger charge is 2.16. The van der Waals surface area contributed by atoms with Gasteiger partial charge in [0.2, 0.25) is 12.3 Å². The molecule has 0 aromatic rings. The van der Waals surface area contributed by atoms with Crippen LogP contribution in [0.5, 0.6) is 0 Å². The molecular formula is C5H9N3O2. The molecule has 0 radical (unpaired) electrons. The predicted octanol–water partition coefficient (Wildman–Crippen LogP) is -1.87. The van der Waals surface area contributed by atoms with Crippen LogP contribution in [0.15, 0.2) is 0 Å². The predicted molar refractivity (Wildman–Crippen MR) is 33.8 cm³/mol. The van der Waals surface area contributed by atoms with Crippen LogP contribution in [-0.4, -0.2) is 25.2 Å². The maximum atomic E-state index is 10.6. The minimum atomic E-state index is -0.203. The summed E-state index contributed by atoms with van der Waals surface area (Å²) in [7, 11) is 0. The highest BCUT2D eigenvalue weighted by Crippen LogP contribution is 1.90. The molecule has 1 aliphatic rings. The summed E-state index contributed by atoms with van der Waals surface area (Å²) >= 11 is 0. The maximum Gasteiger partial charge on any atom is 0.224 e. The molecule has 0 aromatic carbocycles. The molecule has 0 bridgehead atoms. The van der Waals surface area contributed by atoms with Gasteiger partial charge in [-0.15, -0.1) is 0 Å². The molecule has 2 amide bonds. The molecule has 0 spiro atoms. The van der Waals surface area contributed by atoms with Gasteiger partial charge in [-0.2, -0.15) is 0 Å². The van der Waals surface area contributed by atoms with Crippen LogP contribution in [0.2, 0.25) is 0 Å². The standard InChI is InChI=1S/C5H9N3O2/c9-3-8-4-1-5(10)7-2-6-4/h3-4,6H,1-2H2,(H,7,10)(H,8,9). The number of rotatable bonds is 2. The summed E-state index contributed by atoms with van der Waals surface area (Å²) in [6.07, 6.45) is 0.681. The van der Waals surface area contributed by atoms with Gasteiger partial charge in [-0.05, 0) is 0 Å². The molecule has 1 unspecified atom stereocenters. The van der Waals surface area contributed by atoms with E-state index in [1.807, 2.05) is 0 Å². The van der Waals surface area contributed by atoms with E-state index in [1.54, 1.807) is 0 Å². The van der Waals surface area contributed by atoms with Crippen molar-refractivity contribution in [3.05, 3.63) is 0 Å². The lowest BCUT2D eigenvalue weighted by atomic mass is 10.3. The zero-order chi connectivity index (χ0) is 7.40. The molecule has 56 valence electrons. The Hall–Kier alpha value is -1.10. The number of carbonyl (C=O) groups is 2. The largest absolute Gasteiger partial charge is 0.343 e. The minimum absolute atomic E-state index is 0.0434. The van der Waals surface area contributed by atoms with Crippen LogP contribution in [0.4, 0.5) is 0 Å². The van der Waals surface area contributed by atoms with E-state index in [2.05, 4.69) is 16.0 Å². The van der Waals surface area contributed by atoms with Crippen LogP contribution in [0.3, 0.4) is 0 Å². The molecule has 0 aliphatic carbocycles. The van der Waals surface area contributed by atoms with Gasteiger partial charge in [-0.1, -0.05) is 0 Å². The molecule has 5 heteroatoms. The molecule has 0 aromatic heterocycles. The second-order valence-electron chi connectivity index (χ2n) is 2.02. The Kier molecular flexibility index (Phi) is 2.22. The quantitative estimate of drug-likeness (QED) is 0.396. The molecule has 1 saturated heterocycles. The van der Waals surface area contributed by atoms with Crippen molar-refractivity contribution >= 4 is 12.3 Å². The van der Waals surface area contributed by atoms with Gasteiger partial charge >= 0.3 is 0 Å². The van der Waals surface area contributed by atoms with Gasteiger partial charge in [0.25, 0.3) is 0 Å². The Morgan fingerprint density at radius 2 is 2.50 bits per heavy atom. The molecule has 1 aliphatic heterocycles. The smallest absolute Gasteiger partial charge is 0.224 e. The highest BCUT2D eigenvalue weighted by molar-refractivity contribution is 5.77. The van der Waals surface area contributed by atoms with E-state index in [-0.39, 0.29) is 12.1 Å². The van der Waals surface area contributed by atoms with E-state index >= 15 is 0 Å². The lowest BCUT2D eigenvalue weighted by Gasteiger charge is -2.22. The fourth-order valence-corrected chi connectivity index (χ4v) is 0.803. The van der Waals surface area contributed by atoms with Crippen molar-refractivity contribution in [2.75, 3.05) is 6.67 Å². The van der Waals surface area contributed by atoms with Crippen LogP contribution < -0.4 is 16.0 Å². The zero-order valence-electron chi connectivity index (χ0n) is 5.39. The second-order valence-corrected chi connectivity index (χ2v) is 2.02. The Morgan fingerprint density at radius 1 is 1.70 bits per heavy atom. The van der Waals surface area contributed by atoms with Crippen LogP contribution in [0, 0.1) is 0 Å². The van der Waals surface area contributed by atoms with Crippen LogP contribution >= 0.6 is 0 Å². The fourth-order valence-electron chi connectivity index (χ4n) is 0.803. The molecule has 1 atom stereocenters. The van der Waals surface area contributed by atoms with Crippen molar-refractivity contribution in [2.45, 2.75) is 12.6 Å². The topological polar surface area (TPSA) is 70.2 Å². The third kappa shape index (κ3) is 1.70. The summed E-state index contributed by atoms with van der Waals surface area (Å²) < 4.78 is 0. The Morgan fingerprint density at radius 3 is 3.10 bits per heavy atom. The minimum Gasteiger partial charge on any atom is -0.343 e. The van der Waals surface area contributed by atoms with Crippen molar-refractivity contribution in [3.63, 3.8) is 0 Å². The second kappa shape index (κ2) is 3.17. The van der Waals surface area contributed by atoms with Gasteiger partial charge in [-0.25, -0.2) is 0 Å². The lowest BCUT2D eigenvalue weighted by molar-refractivity contribution is -0.123. The first-order valence-electron chi connectivity index (χ1n) is 3.02. The van der Waals surface area contributed by atoms with Crippen molar-refractivity contribution < 1.29 is 9.59 Å². The summed E-state index contributed by atoms with van der Waals surface area (Å²) in [5.41, 5.74) is 0. The Labute approximate surface area is 58.2 Å². The van der Waals surface area contributed by atoms with Gasteiger partial charge in [0.1, 0.15) is 0 Å². The van der Waals surface area contributed by atoms with Crippen molar-refractivity contribution in [1.29, 1.82) is 0 Å². The van der Waals surface area contributed by atoms with Gasteiger partial charge in [0.15, 0.2) is 0 Å². The first-order chi connectivity index (χ1) is 4.83. The summed E-state index contributed by atoms with van der Waals surface area (Å²) in [6, 6.07) is 0. The van der Waals surface area contributed by atoms with E-state index in [0.717, 1.165) is 0 Å². The first-order valence-corrected chi connectivity index (χ1v) is 3.02. The summed E-state index contributed by atoms with van der Waals surface area (Å²) in [4.78, 5) is 20.5. The monoisotopic (exact) mass is 143 g/mol. The van der Waals surface area contributed by atoms with Crippen molar-refractivity contribution in [2.24, 2.45) is 0 Å². The van der Waals surface area contributed by atoms with Gasteiger partial charge in [-0.3, -0.25) is 14.9 Å². The molecule has 5 nitrogen and oxygen atoms in total. The van der Waals surface area contributed by atoms with Gasteiger partial charge in [0, 0.05) is 0 Å². The molecule has 10 heavy (non-hydrogen) atoms. The normalized spacial score (nSPS) is 25.2. The summed E-state index contributed by atoms with van der Waals surface area (Å²) in [6.45, 7) is 0.421. The molecule has 1 heterocycles. The fraction of sp³-hybridized carbons (Fsp3) is 0.600. The SMILES string of the molecule is O=CNC1CC(=O)NCN1. The van der Waals surface area contributed by atoms with E-state index in [4.69, 9.17) is 0 Å². The number of nitrogens with one attached hydrogen (secondary N) is 3. The lowest BCUT2D eigenvalue weighted by Crippen LogP contribution is -2.54. The molecular weight excluding hydrogens is 134 g/mol. The third-order valence-electron chi connectivity index (χ3n) is 1.29. The number of hydrogen-bond donors (Lipinski definition) is 3. The first kappa shape index (κ1) is 7.01. The Bertz CT molecular complexity index is 148. The van der Waals surface area contributed by atoms with E-state index in [0.29, 0.717) is 19.5 Å². The van der Waals surface area contributed by atoms with Crippen LogP contribution in [0.25, 0.3) is 0 Å². The van der Waals surface area contributed by atoms with E-state index < -0.39 is 0 Å². The number of amides is 2. The summed E-state index contributed by atoms with van der Waals surface area (Å²) in [5, 5.41) is 7.90. The average Bonchev–Trinajstić information content (AvgIpc) is 1.88. The number of hydrogen-bond acceptors (Lipinski definition) is 3. The van der Waals surface area contributed by atoms with Crippen molar-refractivity contribution in [3.8, 4) is 0 Å². The molecule has 1 fully saturated rings. The summed E-state index contributed by atoms with van der Waals surface area (Å²) in [5.74, 6) is -0.0434. The van der Waals surface area contributed by atoms with E-state index in [9.17, 15) is 9.59 Å². The zero-order valence-corrected chi connectivity index (χ0v) is 5.39. The van der Waals surface area contributed by atoms with Crippen LogP contribution in [0.1, 0.15) is 6.42 Å². The van der Waals surface area contributed by atoms with Crippen LogP contribution in [-0.2, 0) is 9.59 Å². The maximum absolute atomic E-state index is 10.6. The van der Waals surface area contributed by atoms with Crippen molar-refractivity contribution in [1.82, 2.24) is 16.0 Å². The number of carbonyl (C=O) groups excluding carboxylic acids is 2. The Balaban J connectivity index is 2.31. The average molecular weight is 143 g/mol. The van der Waals surface area contributed by atoms with Gasteiger partial charge in [0.05, 0.1) is 19.3 Å². The highest BCUT2D eigenvalue weighted by atomic mass is 16.2. The molecule has 3 N–H and O–H groups in total. The van der Waals surface area contributed by atoms with Gasteiger partial charge < -0.3 is 10.6 Å². The molecule has 1 rings (SSSR count). The molecule has 0 saturated carbocycles.